The van der Waals surface area contributed by atoms with E-state index in [0.29, 0.717) is 5.56 Å². The number of rotatable bonds is 4. The molecule has 0 spiro atoms. The van der Waals surface area contributed by atoms with Gasteiger partial charge in [0.2, 0.25) is 5.69 Å². The number of nitrogens with zero attached hydrogens (tertiary/aromatic N) is 2. The van der Waals surface area contributed by atoms with Crippen molar-refractivity contribution in [3.8, 4) is 40.0 Å². The van der Waals surface area contributed by atoms with Gasteiger partial charge < -0.3 is 9.47 Å². The van der Waals surface area contributed by atoms with Gasteiger partial charge in [0.25, 0.3) is 0 Å². The maximum absolute atomic E-state index is 9.71. The smallest absolute Gasteiger partial charge is 0.213 e. The van der Waals surface area contributed by atoms with E-state index in [1.807, 2.05) is 67.1 Å². The zero-order valence-electron chi connectivity index (χ0n) is 15.4. The Labute approximate surface area is 153 Å². The topological polar surface area (TPSA) is 46.1 Å². The van der Waals surface area contributed by atoms with E-state index in [1.54, 1.807) is 14.2 Å². The van der Waals surface area contributed by atoms with Gasteiger partial charge >= 0.3 is 0 Å². The molecule has 4 heteroatoms. The van der Waals surface area contributed by atoms with Crippen molar-refractivity contribution in [1.82, 2.24) is 0 Å². The van der Waals surface area contributed by atoms with Crippen LogP contribution >= 0.6 is 0 Å². The number of aromatic nitrogens is 1. The van der Waals surface area contributed by atoms with Crippen molar-refractivity contribution in [3.05, 3.63) is 65.9 Å². The lowest BCUT2D eigenvalue weighted by Crippen LogP contribution is -2.36. The molecule has 1 heterocycles. The molecule has 0 N–H and O–H groups in total. The Morgan fingerprint density at radius 2 is 1.35 bits per heavy atom. The maximum atomic E-state index is 9.71. The van der Waals surface area contributed by atoms with Gasteiger partial charge in [-0.25, -0.2) is 0 Å². The fourth-order valence-corrected chi connectivity index (χ4v) is 3.03. The van der Waals surface area contributed by atoms with E-state index < -0.39 is 0 Å². The third kappa shape index (κ3) is 3.12. The van der Waals surface area contributed by atoms with E-state index in [-0.39, 0.29) is 0 Å². The molecular weight excluding hydrogens is 324 g/mol. The van der Waals surface area contributed by atoms with Gasteiger partial charge in [-0.3, -0.25) is 0 Å². The normalized spacial score (nSPS) is 10.3. The third-order valence-electron chi connectivity index (χ3n) is 4.68. The van der Waals surface area contributed by atoms with Crippen LogP contribution in [0.3, 0.4) is 0 Å². The average Bonchev–Trinajstić information content (AvgIpc) is 2.70. The number of hydrogen-bond acceptors (Lipinski definition) is 3. The molecule has 26 heavy (non-hydrogen) atoms. The lowest BCUT2D eigenvalue weighted by molar-refractivity contribution is -0.666. The molecule has 3 aromatic rings. The molecule has 0 saturated heterocycles. The Morgan fingerprint density at radius 3 is 1.81 bits per heavy atom. The molecule has 3 rings (SSSR count). The van der Waals surface area contributed by atoms with Crippen LogP contribution in [-0.4, -0.2) is 14.2 Å². The highest BCUT2D eigenvalue weighted by Gasteiger charge is 2.21. The van der Waals surface area contributed by atoms with Gasteiger partial charge in [0.1, 0.15) is 30.2 Å². The fourth-order valence-electron chi connectivity index (χ4n) is 3.03. The SMILES string of the molecule is COc1ccc(-c2cc(-c3ccc(OC)cc3)[n+](C)c(C)c2C#N)cc1. The quantitative estimate of drug-likeness (QED) is 0.670. The zero-order chi connectivity index (χ0) is 18.7. The number of pyridine rings is 1. The summed E-state index contributed by atoms with van der Waals surface area (Å²) in [5.74, 6) is 1.61. The number of ether oxygens (including phenoxy) is 2. The minimum Gasteiger partial charge on any atom is -0.497 e. The summed E-state index contributed by atoms with van der Waals surface area (Å²) in [6, 6.07) is 20.1. The van der Waals surface area contributed by atoms with Crippen LogP contribution in [0.1, 0.15) is 11.3 Å². The van der Waals surface area contributed by atoms with Crippen molar-refractivity contribution in [3.63, 3.8) is 0 Å². The summed E-state index contributed by atoms with van der Waals surface area (Å²) in [7, 11) is 5.28. The molecule has 0 aliphatic heterocycles. The molecule has 0 aliphatic carbocycles. The van der Waals surface area contributed by atoms with Crippen LogP contribution in [0.4, 0.5) is 0 Å². The van der Waals surface area contributed by atoms with Crippen molar-refractivity contribution in [2.75, 3.05) is 14.2 Å². The number of methoxy groups -OCH3 is 2. The van der Waals surface area contributed by atoms with Gasteiger partial charge in [-0.2, -0.15) is 9.83 Å². The van der Waals surface area contributed by atoms with Crippen molar-refractivity contribution in [2.24, 2.45) is 7.05 Å². The second-order valence-electron chi connectivity index (χ2n) is 6.03. The highest BCUT2D eigenvalue weighted by Crippen LogP contribution is 2.30. The summed E-state index contributed by atoms with van der Waals surface area (Å²) in [5.41, 5.74) is 5.60. The lowest BCUT2D eigenvalue weighted by atomic mass is 9.96. The van der Waals surface area contributed by atoms with Gasteiger partial charge in [0.15, 0.2) is 5.69 Å². The number of hydrogen-bond donors (Lipinski definition) is 0. The molecule has 0 radical (unpaired) electrons. The van der Waals surface area contributed by atoms with Gasteiger partial charge in [-0.1, -0.05) is 12.1 Å². The average molecular weight is 345 g/mol. The molecule has 0 unspecified atom stereocenters. The van der Waals surface area contributed by atoms with Crippen molar-refractivity contribution < 1.29 is 14.0 Å². The molecule has 0 atom stereocenters. The van der Waals surface area contributed by atoms with Crippen LogP contribution in [0, 0.1) is 18.3 Å². The van der Waals surface area contributed by atoms with E-state index in [4.69, 9.17) is 9.47 Å². The molecule has 0 fully saturated rings. The van der Waals surface area contributed by atoms with Gasteiger partial charge in [-0.15, -0.1) is 0 Å². The molecular formula is C22H21N2O2+. The van der Waals surface area contributed by atoms with E-state index in [0.717, 1.165) is 39.6 Å². The highest BCUT2D eigenvalue weighted by molar-refractivity contribution is 5.75. The molecule has 0 amide bonds. The fraction of sp³-hybridized carbons (Fsp3) is 0.182. The van der Waals surface area contributed by atoms with Gasteiger partial charge in [0.05, 0.1) is 14.2 Å². The molecule has 0 bridgehead atoms. The van der Waals surface area contributed by atoms with E-state index in [2.05, 4.69) is 12.1 Å². The highest BCUT2D eigenvalue weighted by atomic mass is 16.5. The molecule has 1 aromatic heterocycles. The predicted octanol–water partition coefficient (Wildman–Crippen LogP) is 4.04. The first-order chi connectivity index (χ1) is 12.6. The largest absolute Gasteiger partial charge is 0.497 e. The van der Waals surface area contributed by atoms with Crippen LogP contribution < -0.4 is 14.0 Å². The van der Waals surface area contributed by atoms with Crippen molar-refractivity contribution >= 4 is 0 Å². The number of benzene rings is 2. The Morgan fingerprint density at radius 1 is 0.846 bits per heavy atom. The Hall–Kier alpha value is -3.32. The lowest BCUT2D eigenvalue weighted by Gasteiger charge is -2.11. The summed E-state index contributed by atoms with van der Waals surface area (Å²) in [6.07, 6.45) is 0. The Bertz CT molecular complexity index is 969. The summed E-state index contributed by atoms with van der Waals surface area (Å²) in [5, 5.41) is 9.71. The second kappa shape index (κ2) is 7.28. The van der Waals surface area contributed by atoms with Crippen molar-refractivity contribution in [2.45, 2.75) is 6.92 Å². The summed E-state index contributed by atoms with van der Waals surface area (Å²) >= 11 is 0. The maximum Gasteiger partial charge on any atom is 0.213 e. The first-order valence-corrected chi connectivity index (χ1v) is 8.31. The van der Waals surface area contributed by atoms with E-state index in [1.165, 1.54) is 0 Å². The molecule has 2 aromatic carbocycles. The summed E-state index contributed by atoms with van der Waals surface area (Å²) in [4.78, 5) is 0. The monoisotopic (exact) mass is 345 g/mol. The standard InChI is InChI=1S/C22H21N2O2/c1-15-21(14-23)20(16-5-9-18(25-3)10-6-16)13-22(24(15)2)17-7-11-19(26-4)12-8-17/h5-13H,1-4H3/q+1. The van der Waals surface area contributed by atoms with E-state index >= 15 is 0 Å². The molecule has 0 aliphatic rings. The van der Waals surface area contributed by atoms with Crippen LogP contribution in [0.15, 0.2) is 54.6 Å². The van der Waals surface area contributed by atoms with E-state index in [9.17, 15) is 5.26 Å². The summed E-state index contributed by atoms with van der Waals surface area (Å²) in [6.45, 7) is 1.97. The van der Waals surface area contributed by atoms with Crippen LogP contribution in [0.2, 0.25) is 0 Å². The third-order valence-corrected chi connectivity index (χ3v) is 4.68. The Kier molecular flexibility index (Phi) is 4.90. The van der Waals surface area contributed by atoms with Crippen LogP contribution in [0.5, 0.6) is 11.5 Å². The minimum absolute atomic E-state index is 0.676. The van der Waals surface area contributed by atoms with Crippen molar-refractivity contribution in [1.29, 1.82) is 5.26 Å². The Balaban J connectivity index is 2.20. The van der Waals surface area contributed by atoms with Gasteiger partial charge in [-0.05, 0) is 42.0 Å². The number of nitriles is 1. The first kappa shape index (κ1) is 17.5. The molecule has 4 nitrogen and oxygen atoms in total. The molecule has 130 valence electrons. The zero-order valence-corrected chi connectivity index (χ0v) is 15.4. The summed E-state index contributed by atoms with van der Waals surface area (Å²) < 4.78 is 12.5. The van der Waals surface area contributed by atoms with Crippen LogP contribution in [0.25, 0.3) is 22.4 Å². The predicted molar refractivity (Wildman–Crippen MR) is 101 cm³/mol. The first-order valence-electron chi connectivity index (χ1n) is 8.31. The van der Waals surface area contributed by atoms with Crippen LogP contribution in [-0.2, 0) is 7.05 Å². The minimum atomic E-state index is 0.676. The van der Waals surface area contributed by atoms with Gasteiger partial charge in [0, 0.05) is 24.1 Å². The molecule has 0 saturated carbocycles. The second-order valence-corrected chi connectivity index (χ2v) is 6.03.